The van der Waals surface area contributed by atoms with Gasteiger partial charge in [0.15, 0.2) is 0 Å². The molecular formula is C15H24N2O3. The predicted molar refractivity (Wildman–Crippen MR) is 74.3 cm³/mol. The van der Waals surface area contributed by atoms with Gasteiger partial charge >= 0.3 is 5.97 Å². The van der Waals surface area contributed by atoms with Gasteiger partial charge in [-0.3, -0.25) is 4.79 Å². The van der Waals surface area contributed by atoms with Gasteiger partial charge in [0.25, 0.3) is 0 Å². The Kier molecular flexibility index (Phi) is 5.56. The Morgan fingerprint density at radius 3 is 2.70 bits per heavy atom. The Balaban J connectivity index is 1.75. The van der Waals surface area contributed by atoms with E-state index < -0.39 is 5.97 Å². The van der Waals surface area contributed by atoms with Crippen LogP contribution in [0.2, 0.25) is 0 Å². The zero-order valence-corrected chi connectivity index (χ0v) is 12.2. The summed E-state index contributed by atoms with van der Waals surface area (Å²) in [5, 5.41) is 16.8. The first-order valence-corrected chi connectivity index (χ1v) is 7.66. The maximum atomic E-state index is 10.6. The highest BCUT2D eigenvalue weighted by Gasteiger charge is 2.16. The molecule has 20 heavy (non-hydrogen) atoms. The van der Waals surface area contributed by atoms with Crippen molar-refractivity contribution in [2.24, 2.45) is 11.8 Å². The summed E-state index contributed by atoms with van der Waals surface area (Å²) in [5.41, 5.74) is 0. The first-order valence-electron chi connectivity index (χ1n) is 7.66. The molecule has 2 rings (SSSR count). The number of aliphatic carboxylic acids is 1. The average molecular weight is 280 g/mol. The molecule has 1 saturated carbocycles. The van der Waals surface area contributed by atoms with Crippen molar-refractivity contribution in [3.63, 3.8) is 0 Å². The Morgan fingerprint density at radius 1 is 1.30 bits per heavy atom. The minimum Gasteiger partial charge on any atom is -0.481 e. The van der Waals surface area contributed by atoms with E-state index in [1.165, 1.54) is 32.1 Å². The molecule has 1 aliphatic rings. The van der Waals surface area contributed by atoms with E-state index in [-0.39, 0.29) is 12.3 Å². The molecule has 1 atom stereocenters. The van der Waals surface area contributed by atoms with Crippen LogP contribution in [0.25, 0.3) is 0 Å². The van der Waals surface area contributed by atoms with Gasteiger partial charge < -0.3 is 9.52 Å². The van der Waals surface area contributed by atoms with E-state index in [0.29, 0.717) is 18.2 Å². The van der Waals surface area contributed by atoms with Gasteiger partial charge in [-0.05, 0) is 18.3 Å². The van der Waals surface area contributed by atoms with Crippen molar-refractivity contribution in [3.05, 3.63) is 11.8 Å². The molecule has 1 fully saturated rings. The number of carboxylic acid groups (broad SMARTS) is 1. The van der Waals surface area contributed by atoms with E-state index >= 15 is 0 Å². The number of carboxylic acids is 1. The van der Waals surface area contributed by atoms with Crippen molar-refractivity contribution in [2.45, 2.75) is 64.7 Å². The molecule has 5 nitrogen and oxygen atoms in total. The van der Waals surface area contributed by atoms with Crippen molar-refractivity contribution >= 4 is 5.97 Å². The van der Waals surface area contributed by atoms with Crippen LogP contribution in [0.15, 0.2) is 4.42 Å². The second-order valence-electron chi connectivity index (χ2n) is 6.04. The number of carbonyl (C=O) groups is 1. The van der Waals surface area contributed by atoms with Crippen molar-refractivity contribution in [2.75, 3.05) is 0 Å². The molecule has 1 N–H and O–H groups in total. The lowest BCUT2D eigenvalue weighted by Gasteiger charge is -2.20. The molecule has 0 aromatic carbocycles. The predicted octanol–water partition coefficient (Wildman–Crippen LogP) is 3.24. The third kappa shape index (κ3) is 4.94. The van der Waals surface area contributed by atoms with Gasteiger partial charge in [0.2, 0.25) is 11.8 Å². The normalized spacial score (nSPS) is 18.1. The Bertz CT molecular complexity index is 425. The highest BCUT2D eigenvalue weighted by Crippen LogP contribution is 2.27. The highest BCUT2D eigenvalue weighted by molar-refractivity contribution is 5.66. The van der Waals surface area contributed by atoms with E-state index in [2.05, 4.69) is 10.2 Å². The fourth-order valence-corrected chi connectivity index (χ4v) is 2.94. The lowest BCUT2D eigenvalue weighted by Crippen LogP contribution is -2.07. The Hall–Kier alpha value is -1.39. The first kappa shape index (κ1) is 15.0. The molecule has 0 amide bonds. The molecule has 5 heteroatoms. The van der Waals surface area contributed by atoms with Crippen molar-refractivity contribution in [1.82, 2.24) is 10.2 Å². The number of rotatable bonds is 7. The number of aromatic nitrogens is 2. The fraction of sp³-hybridized carbons (Fsp3) is 0.800. The quantitative estimate of drug-likeness (QED) is 0.829. The maximum absolute atomic E-state index is 10.6. The third-order valence-electron chi connectivity index (χ3n) is 4.05. The van der Waals surface area contributed by atoms with Crippen LogP contribution in [0, 0.1) is 11.8 Å². The lowest BCUT2D eigenvalue weighted by molar-refractivity contribution is -0.137. The zero-order valence-electron chi connectivity index (χ0n) is 12.2. The molecule has 1 aromatic heterocycles. The minimum absolute atomic E-state index is 0.0270. The zero-order chi connectivity index (χ0) is 14.4. The van der Waals surface area contributed by atoms with E-state index in [0.717, 1.165) is 18.8 Å². The summed E-state index contributed by atoms with van der Waals surface area (Å²) in [6, 6.07) is 0. The largest absolute Gasteiger partial charge is 0.481 e. The fourth-order valence-electron chi connectivity index (χ4n) is 2.94. The van der Waals surface area contributed by atoms with Gasteiger partial charge in [-0.15, -0.1) is 10.2 Å². The van der Waals surface area contributed by atoms with Crippen LogP contribution in [0.1, 0.15) is 63.7 Å². The van der Waals surface area contributed by atoms with E-state index in [1.54, 1.807) is 0 Å². The van der Waals surface area contributed by atoms with Crippen LogP contribution in [0.3, 0.4) is 0 Å². The van der Waals surface area contributed by atoms with Gasteiger partial charge in [0.05, 0.1) is 0 Å². The van der Waals surface area contributed by atoms with E-state index in [4.69, 9.17) is 9.52 Å². The summed E-state index contributed by atoms with van der Waals surface area (Å²) >= 11 is 0. The standard InChI is InChI=1S/C15H24N2O3/c1-11(10-15(18)19)9-14-17-16-13(20-14)8-7-12-5-3-2-4-6-12/h11-12H,2-10H2,1H3,(H,18,19). The molecule has 1 unspecified atom stereocenters. The SMILES string of the molecule is CC(CC(=O)O)Cc1nnc(CCC2CCCCC2)o1. The van der Waals surface area contributed by atoms with Crippen LogP contribution in [-0.4, -0.2) is 21.3 Å². The molecule has 0 bridgehead atoms. The maximum Gasteiger partial charge on any atom is 0.303 e. The molecule has 112 valence electrons. The van der Waals surface area contributed by atoms with Gasteiger partial charge in [0, 0.05) is 19.3 Å². The minimum atomic E-state index is -0.783. The van der Waals surface area contributed by atoms with Crippen molar-refractivity contribution < 1.29 is 14.3 Å². The second kappa shape index (κ2) is 7.41. The van der Waals surface area contributed by atoms with Crippen LogP contribution in [0.4, 0.5) is 0 Å². The van der Waals surface area contributed by atoms with E-state index in [1.807, 2.05) is 6.92 Å². The molecule has 0 spiro atoms. The van der Waals surface area contributed by atoms with Crippen LogP contribution in [0.5, 0.6) is 0 Å². The Labute approximate surface area is 119 Å². The number of nitrogens with zero attached hydrogens (tertiary/aromatic N) is 2. The Morgan fingerprint density at radius 2 is 2.00 bits per heavy atom. The summed E-state index contributed by atoms with van der Waals surface area (Å²) in [4.78, 5) is 10.6. The van der Waals surface area contributed by atoms with E-state index in [9.17, 15) is 4.79 Å². The van der Waals surface area contributed by atoms with Gasteiger partial charge in [0.1, 0.15) is 0 Å². The average Bonchev–Trinajstić information content (AvgIpc) is 2.84. The molecule has 0 saturated heterocycles. The van der Waals surface area contributed by atoms with Crippen LogP contribution >= 0.6 is 0 Å². The number of hydrogen-bond donors (Lipinski definition) is 1. The number of hydrogen-bond acceptors (Lipinski definition) is 4. The second-order valence-corrected chi connectivity index (χ2v) is 6.04. The summed E-state index contributed by atoms with van der Waals surface area (Å²) < 4.78 is 5.61. The van der Waals surface area contributed by atoms with Crippen LogP contribution < -0.4 is 0 Å². The lowest BCUT2D eigenvalue weighted by atomic mass is 9.86. The van der Waals surface area contributed by atoms with Gasteiger partial charge in [-0.25, -0.2) is 0 Å². The monoisotopic (exact) mass is 280 g/mol. The van der Waals surface area contributed by atoms with Crippen LogP contribution in [-0.2, 0) is 17.6 Å². The molecule has 1 aromatic rings. The van der Waals surface area contributed by atoms with Crippen molar-refractivity contribution in [1.29, 1.82) is 0 Å². The molecule has 1 heterocycles. The molecular weight excluding hydrogens is 256 g/mol. The summed E-state index contributed by atoms with van der Waals surface area (Å²) in [6.07, 6.45) is 9.41. The highest BCUT2D eigenvalue weighted by atomic mass is 16.4. The van der Waals surface area contributed by atoms with Gasteiger partial charge in [-0.1, -0.05) is 39.0 Å². The molecule has 1 aliphatic carbocycles. The smallest absolute Gasteiger partial charge is 0.303 e. The first-order chi connectivity index (χ1) is 9.63. The summed E-state index contributed by atoms with van der Waals surface area (Å²) in [7, 11) is 0. The third-order valence-corrected chi connectivity index (χ3v) is 4.05. The molecule has 0 radical (unpaired) electrons. The van der Waals surface area contributed by atoms with Gasteiger partial charge in [-0.2, -0.15) is 0 Å². The van der Waals surface area contributed by atoms with Crippen molar-refractivity contribution in [3.8, 4) is 0 Å². The number of aryl methyl sites for hydroxylation is 1. The summed E-state index contributed by atoms with van der Waals surface area (Å²) in [5.74, 6) is 1.32. The summed E-state index contributed by atoms with van der Waals surface area (Å²) in [6.45, 7) is 1.89. The topological polar surface area (TPSA) is 76.2 Å². The molecule has 0 aliphatic heterocycles.